The number of aldehydes is 1. The molecule has 2 atom stereocenters. The minimum absolute atomic E-state index is 0.00611. The molecule has 2 nitrogen and oxygen atoms in total. The average molecular weight is 236 g/mol. The molecule has 86 valence electrons. The highest BCUT2D eigenvalue weighted by Crippen LogP contribution is 2.33. The van der Waals surface area contributed by atoms with E-state index in [1.807, 2.05) is 23.9 Å². The number of phenolic OH excluding ortho intramolecular Hbond substituents is 1. The van der Waals surface area contributed by atoms with E-state index in [9.17, 15) is 9.90 Å². The molecule has 1 N–H and O–H groups in total. The van der Waals surface area contributed by atoms with Crippen LogP contribution in [0.3, 0.4) is 0 Å². The molecule has 0 aliphatic carbocycles. The molecule has 0 bridgehead atoms. The van der Waals surface area contributed by atoms with Crippen molar-refractivity contribution in [3.63, 3.8) is 0 Å². The maximum absolute atomic E-state index is 11.2. The Morgan fingerprint density at radius 2 is 2.12 bits per heavy atom. The van der Waals surface area contributed by atoms with Gasteiger partial charge in [0.05, 0.1) is 0 Å². The molecular weight excluding hydrogens is 220 g/mol. The normalized spacial score (nSPS) is 22.6. The van der Waals surface area contributed by atoms with Gasteiger partial charge in [0.2, 0.25) is 0 Å². The summed E-state index contributed by atoms with van der Waals surface area (Å²) in [5, 5.41) is 9.23. The van der Waals surface area contributed by atoms with Crippen LogP contribution in [-0.2, 0) is 4.79 Å². The third-order valence-electron chi connectivity index (χ3n) is 3.13. The molecule has 1 heterocycles. The summed E-state index contributed by atoms with van der Waals surface area (Å²) in [5.74, 6) is 3.00. The Kier molecular flexibility index (Phi) is 3.88. The molecule has 1 saturated heterocycles. The van der Waals surface area contributed by atoms with Crippen molar-refractivity contribution in [2.45, 2.75) is 18.8 Å². The lowest BCUT2D eigenvalue weighted by molar-refractivity contribution is -0.110. The van der Waals surface area contributed by atoms with E-state index in [1.165, 1.54) is 12.2 Å². The van der Waals surface area contributed by atoms with Crippen LogP contribution in [0.4, 0.5) is 0 Å². The van der Waals surface area contributed by atoms with Crippen molar-refractivity contribution in [1.82, 2.24) is 0 Å². The van der Waals surface area contributed by atoms with Crippen LogP contribution in [0.15, 0.2) is 24.3 Å². The van der Waals surface area contributed by atoms with Crippen LogP contribution >= 0.6 is 11.8 Å². The highest BCUT2D eigenvalue weighted by atomic mass is 32.2. The van der Waals surface area contributed by atoms with Gasteiger partial charge < -0.3 is 9.90 Å². The Labute approximate surface area is 100 Å². The monoisotopic (exact) mass is 236 g/mol. The summed E-state index contributed by atoms with van der Waals surface area (Å²) in [6, 6.07) is 7.02. The van der Waals surface area contributed by atoms with Gasteiger partial charge in [-0.05, 0) is 48.0 Å². The summed E-state index contributed by atoms with van der Waals surface area (Å²) in [5.41, 5.74) is 1.03. The van der Waals surface area contributed by atoms with Gasteiger partial charge in [-0.15, -0.1) is 0 Å². The number of phenols is 1. The third kappa shape index (κ3) is 2.59. The van der Waals surface area contributed by atoms with E-state index >= 15 is 0 Å². The summed E-state index contributed by atoms with van der Waals surface area (Å²) in [6.45, 7) is 0. The van der Waals surface area contributed by atoms with Crippen LogP contribution in [0.2, 0.25) is 0 Å². The second kappa shape index (κ2) is 5.39. The Morgan fingerprint density at radius 3 is 2.69 bits per heavy atom. The first-order valence-electron chi connectivity index (χ1n) is 5.63. The first-order valence-corrected chi connectivity index (χ1v) is 6.78. The molecule has 1 aromatic carbocycles. The van der Waals surface area contributed by atoms with E-state index in [0.29, 0.717) is 5.92 Å². The third-order valence-corrected chi connectivity index (χ3v) is 4.37. The van der Waals surface area contributed by atoms with Gasteiger partial charge in [0.25, 0.3) is 0 Å². The highest BCUT2D eigenvalue weighted by molar-refractivity contribution is 7.99. The van der Waals surface area contributed by atoms with Crippen molar-refractivity contribution in [2.75, 3.05) is 11.5 Å². The second-order valence-electron chi connectivity index (χ2n) is 4.23. The Bertz CT molecular complexity index is 341. The lowest BCUT2D eigenvalue weighted by Gasteiger charge is -2.26. The molecular formula is C13H16O2S. The fraction of sp³-hybridized carbons (Fsp3) is 0.462. The fourth-order valence-electron chi connectivity index (χ4n) is 2.21. The molecule has 1 aliphatic heterocycles. The number of hydrogen-bond acceptors (Lipinski definition) is 3. The Hall–Kier alpha value is -0.960. The van der Waals surface area contributed by atoms with Crippen molar-refractivity contribution in [1.29, 1.82) is 0 Å². The van der Waals surface area contributed by atoms with Crippen molar-refractivity contribution in [2.24, 2.45) is 5.92 Å². The van der Waals surface area contributed by atoms with Gasteiger partial charge in [0.1, 0.15) is 12.0 Å². The molecule has 1 fully saturated rings. The minimum atomic E-state index is -0.00611. The molecule has 0 aromatic heterocycles. The SMILES string of the molecule is O=CC(c1ccc(O)cc1)C1CCCSC1. The highest BCUT2D eigenvalue weighted by Gasteiger charge is 2.24. The Morgan fingerprint density at radius 1 is 1.38 bits per heavy atom. The largest absolute Gasteiger partial charge is 0.508 e. The zero-order valence-electron chi connectivity index (χ0n) is 9.13. The van der Waals surface area contributed by atoms with Crippen LogP contribution in [0.5, 0.6) is 5.75 Å². The van der Waals surface area contributed by atoms with Gasteiger partial charge in [-0.1, -0.05) is 12.1 Å². The molecule has 0 radical (unpaired) electrons. The standard InChI is InChI=1S/C13H16O2S/c14-8-13(11-2-1-7-16-9-11)10-3-5-12(15)6-4-10/h3-6,8,11,13,15H,1-2,7,9H2. The second-order valence-corrected chi connectivity index (χ2v) is 5.38. The number of carbonyl (C=O) groups excluding carboxylic acids is 1. The molecule has 2 unspecified atom stereocenters. The molecule has 3 heteroatoms. The molecule has 2 rings (SSSR count). The van der Waals surface area contributed by atoms with Crippen LogP contribution in [0.1, 0.15) is 24.3 Å². The zero-order valence-corrected chi connectivity index (χ0v) is 9.95. The lowest BCUT2D eigenvalue weighted by atomic mass is 9.85. The lowest BCUT2D eigenvalue weighted by Crippen LogP contribution is -2.20. The Balaban J connectivity index is 2.14. The van der Waals surface area contributed by atoms with Gasteiger partial charge in [-0.25, -0.2) is 0 Å². The van der Waals surface area contributed by atoms with Crippen LogP contribution < -0.4 is 0 Å². The molecule has 0 amide bonds. The molecule has 16 heavy (non-hydrogen) atoms. The number of thioether (sulfide) groups is 1. The predicted octanol–water partition coefficient (Wildman–Crippen LogP) is 2.82. The van der Waals surface area contributed by atoms with E-state index in [0.717, 1.165) is 24.0 Å². The van der Waals surface area contributed by atoms with Crippen molar-refractivity contribution in [3.05, 3.63) is 29.8 Å². The van der Waals surface area contributed by atoms with Crippen LogP contribution in [0, 0.1) is 5.92 Å². The summed E-state index contributed by atoms with van der Waals surface area (Å²) < 4.78 is 0. The fourth-order valence-corrected chi connectivity index (χ4v) is 3.42. The molecule has 0 spiro atoms. The van der Waals surface area contributed by atoms with E-state index in [2.05, 4.69) is 0 Å². The summed E-state index contributed by atoms with van der Waals surface area (Å²) in [6.07, 6.45) is 3.40. The van der Waals surface area contributed by atoms with E-state index < -0.39 is 0 Å². The first-order chi connectivity index (χ1) is 7.81. The summed E-state index contributed by atoms with van der Waals surface area (Å²) in [7, 11) is 0. The molecule has 0 saturated carbocycles. The van der Waals surface area contributed by atoms with Crippen molar-refractivity contribution < 1.29 is 9.90 Å². The van der Waals surface area contributed by atoms with Gasteiger partial charge in [-0.3, -0.25) is 0 Å². The van der Waals surface area contributed by atoms with E-state index in [4.69, 9.17) is 0 Å². The zero-order chi connectivity index (χ0) is 11.4. The van der Waals surface area contributed by atoms with Gasteiger partial charge >= 0.3 is 0 Å². The first kappa shape index (κ1) is 11.5. The number of rotatable bonds is 3. The van der Waals surface area contributed by atoms with Gasteiger partial charge in [0.15, 0.2) is 0 Å². The average Bonchev–Trinajstić information content (AvgIpc) is 2.34. The smallest absolute Gasteiger partial charge is 0.127 e. The van der Waals surface area contributed by atoms with Gasteiger partial charge in [0, 0.05) is 5.92 Å². The number of aromatic hydroxyl groups is 1. The molecule has 1 aliphatic rings. The minimum Gasteiger partial charge on any atom is -0.508 e. The predicted molar refractivity (Wildman–Crippen MR) is 67.0 cm³/mol. The van der Waals surface area contributed by atoms with Gasteiger partial charge in [-0.2, -0.15) is 11.8 Å². The quantitative estimate of drug-likeness (QED) is 0.820. The van der Waals surface area contributed by atoms with Crippen molar-refractivity contribution >= 4 is 18.0 Å². The van der Waals surface area contributed by atoms with E-state index in [1.54, 1.807) is 12.1 Å². The number of hydrogen-bond donors (Lipinski definition) is 1. The van der Waals surface area contributed by atoms with E-state index in [-0.39, 0.29) is 11.7 Å². The maximum atomic E-state index is 11.2. The summed E-state index contributed by atoms with van der Waals surface area (Å²) >= 11 is 1.94. The summed E-state index contributed by atoms with van der Waals surface area (Å²) in [4.78, 5) is 11.2. The number of benzene rings is 1. The van der Waals surface area contributed by atoms with Crippen LogP contribution in [0.25, 0.3) is 0 Å². The van der Waals surface area contributed by atoms with Crippen molar-refractivity contribution in [3.8, 4) is 5.75 Å². The van der Waals surface area contributed by atoms with Crippen LogP contribution in [-0.4, -0.2) is 22.9 Å². The number of carbonyl (C=O) groups is 1. The molecule has 1 aromatic rings. The maximum Gasteiger partial charge on any atom is 0.127 e. The topological polar surface area (TPSA) is 37.3 Å².